The first-order valence-corrected chi connectivity index (χ1v) is 8.78. The smallest absolute Gasteiger partial charge is 0.156 e. The third kappa shape index (κ3) is 3.33. The zero-order valence-corrected chi connectivity index (χ0v) is 12.8. The monoisotopic (exact) mass is 298 g/mol. The van der Waals surface area contributed by atoms with Crippen LogP contribution >= 0.6 is 0 Å². The number of hydrogen-bond donors (Lipinski definition) is 1. The molecule has 4 nitrogen and oxygen atoms in total. The number of aliphatic hydroxyl groups is 1. The molecule has 5 heteroatoms. The summed E-state index contributed by atoms with van der Waals surface area (Å²) in [5.41, 5.74) is 0.566. The zero-order chi connectivity index (χ0) is 14.8. The van der Waals surface area contributed by atoms with E-state index in [4.69, 9.17) is 4.74 Å². The first-order chi connectivity index (χ1) is 9.42. The minimum Gasteiger partial charge on any atom is -0.491 e. The van der Waals surface area contributed by atoms with Gasteiger partial charge in [-0.3, -0.25) is 0 Å². The summed E-state index contributed by atoms with van der Waals surface area (Å²) >= 11 is 0. The average Bonchev–Trinajstić information content (AvgIpc) is 2.37. The Morgan fingerprint density at radius 2 is 1.95 bits per heavy atom. The Kier molecular flexibility index (Phi) is 4.70. The highest BCUT2D eigenvalue weighted by molar-refractivity contribution is 7.92. The Balaban J connectivity index is 2.31. The van der Waals surface area contributed by atoms with Crippen LogP contribution in [0.4, 0.5) is 0 Å². The number of aliphatic hydroxyl groups excluding tert-OH is 1. The Morgan fingerprint density at radius 1 is 1.25 bits per heavy atom. The summed E-state index contributed by atoms with van der Waals surface area (Å²) in [5, 5.41) is 9.80. The van der Waals surface area contributed by atoms with Gasteiger partial charge in [-0.25, -0.2) is 8.42 Å². The van der Waals surface area contributed by atoms with E-state index in [1.54, 1.807) is 18.2 Å². The van der Waals surface area contributed by atoms with Crippen LogP contribution in [0.5, 0.6) is 5.75 Å². The van der Waals surface area contributed by atoms with Crippen molar-refractivity contribution in [2.45, 2.75) is 50.6 Å². The van der Waals surface area contributed by atoms with Gasteiger partial charge in [0.15, 0.2) is 9.84 Å². The summed E-state index contributed by atoms with van der Waals surface area (Å²) in [4.78, 5) is 0. The predicted octanol–water partition coefficient (Wildman–Crippen LogP) is 2.47. The van der Waals surface area contributed by atoms with Crippen molar-refractivity contribution in [1.29, 1.82) is 0 Å². The fourth-order valence-corrected chi connectivity index (χ4v) is 4.59. The van der Waals surface area contributed by atoms with Crippen molar-refractivity contribution < 1.29 is 18.3 Å². The minimum absolute atomic E-state index is 0.0219. The van der Waals surface area contributed by atoms with Crippen LogP contribution in [-0.2, 0) is 9.84 Å². The summed E-state index contributed by atoms with van der Waals surface area (Å²) < 4.78 is 29.9. The van der Waals surface area contributed by atoms with Crippen molar-refractivity contribution in [2.75, 3.05) is 5.75 Å². The second-order valence-electron chi connectivity index (χ2n) is 5.55. The fourth-order valence-electron chi connectivity index (χ4n) is 2.62. The molecule has 1 aromatic carbocycles. The highest BCUT2D eigenvalue weighted by Gasteiger charge is 2.36. The molecule has 0 bridgehead atoms. The Morgan fingerprint density at radius 3 is 2.60 bits per heavy atom. The third-order valence-corrected chi connectivity index (χ3v) is 5.86. The molecule has 1 saturated heterocycles. The Bertz CT molecular complexity index is 551. The Hall–Kier alpha value is -1.07. The van der Waals surface area contributed by atoms with E-state index < -0.39 is 21.2 Å². The number of rotatable bonds is 4. The minimum atomic E-state index is -3.22. The van der Waals surface area contributed by atoms with E-state index in [-0.39, 0.29) is 11.9 Å². The second kappa shape index (κ2) is 6.14. The highest BCUT2D eigenvalue weighted by atomic mass is 32.2. The predicted molar refractivity (Wildman–Crippen MR) is 78.6 cm³/mol. The van der Waals surface area contributed by atoms with Gasteiger partial charge in [0.2, 0.25) is 0 Å². The van der Waals surface area contributed by atoms with Gasteiger partial charge in [0.1, 0.15) is 5.75 Å². The van der Waals surface area contributed by atoms with Gasteiger partial charge in [0.05, 0.1) is 23.2 Å². The lowest BCUT2D eigenvalue weighted by Gasteiger charge is -2.28. The maximum Gasteiger partial charge on any atom is 0.156 e. The summed E-state index contributed by atoms with van der Waals surface area (Å²) in [6.07, 6.45) is 1.00. The maximum absolute atomic E-state index is 12.1. The van der Waals surface area contributed by atoms with Crippen LogP contribution in [0.1, 0.15) is 44.8 Å². The average molecular weight is 298 g/mol. The van der Waals surface area contributed by atoms with Crippen molar-refractivity contribution >= 4 is 9.84 Å². The molecule has 20 heavy (non-hydrogen) atoms. The molecule has 112 valence electrons. The highest BCUT2D eigenvalue weighted by Crippen LogP contribution is 2.35. The van der Waals surface area contributed by atoms with Gasteiger partial charge < -0.3 is 9.84 Å². The van der Waals surface area contributed by atoms with E-state index in [9.17, 15) is 13.5 Å². The molecule has 2 rings (SSSR count). The number of para-hydroxylation sites is 1. The standard InChI is InChI=1S/C15H22O4S/c1-11(2)19-13-8-4-3-7-12(13)15(16)14-9-5-6-10-20(14,17)18/h3-4,7-8,11,14-16H,5-6,9-10H2,1-2H3. The largest absolute Gasteiger partial charge is 0.491 e. The van der Waals surface area contributed by atoms with Crippen molar-refractivity contribution in [1.82, 2.24) is 0 Å². The third-order valence-electron chi connectivity index (χ3n) is 3.58. The molecular weight excluding hydrogens is 276 g/mol. The van der Waals surface area contributed by atoms with Gasteiger partial charge in [0.25, 0.3) is 0 Å². The molecule has 1 aliphatic heterocycles. The molecule has 0 spiro atoms. The van der Waals surface area contributed by atoms with Crippen LogP contribution in [0.25, 0.3) is 0 Å². The van der Waals surface area contributed by atoms with Gasteiger partial charge >= 0.3 is 0 Å². The van der Waals surface area contributed by atoms with Gasteiger partial charge in [-0.05, 0) is 32.8 Å². The molecule has 1 N–H and O–H groups in total. The summed E-state index contributed by atoms with van der Waals surface area (Å²) in [7, 11) is -3.22. The van der Waals surface area contributed by atoms with Crippen LogP contribution in [-0.4, -0.2) is 30.6 Å². The van der Waals surface area contributed by atoms with Crippen LogP contribution in [0.15, 0.2) is 24.3 Å². The fraction of sp³-hybridized carbons (Fsp3) is 0.600. The molecular formula is C15H22O4S. The molecule has 0 aliphatic carbocycles. The first kappa shape index (κ1) is 15.3. The van der Waals surface area contributed by atoms with Gasteiger partial charge in [-0.1, -0.05) is 24.6 Å². The van der Waals surface area contributed by atoms with Crippen LogP contribution < -0.4 is 4.74 Å². The lowest BCUT2D eigenvalue weighted by Crippen LogP contribution is -2.34. The van der Waals surface area contributed by atoms with Crippen molar-refractivity contribution in [2.24, 2.45) is 0 Å². The topological polar surface area (TPSA) is 63.6 Å². The molecule has 2 atom stereocenters. The molecule has 0 saturated carbocycles. The van der Waals surface area contributed by atoms with E-state index in [0.29, 0.717) is 24.2 Å². The number of ether oxygens (including phenoxy) is 1. The quantitative estimate of drug-likeness (QED) is 0.927. The van der Waals surface area contributed by atoms with E-state index in [1.165, 1.54) is 0 Å². The maximum atomic E-state index is 12.1. The first-order valence-electron chi connectivity index (χ1n) is 7.07. The molecule has 0 radical (unpaired) electrons. The molecule has 0 aromatic heterocycles. The SMILES string of the molecule is CC(C)Oc1ccccc1C(O)C1CCCCS1(=O)=O. The van der Waals surface area contributed by atoms with Crippen molar-refractivity contribution in [3.8, 4) is 5.75 Å². The van der Waals surface area contributed by atoms with Gasteiger partial charge in [-0.15, -0.1) is 0 Å². The molecule has 1 aromatic rings. The summed E-state index contributed by atoms with van der Waals surface area (Å²) in [6, 6.07) is 7.13. The second-order valence-corrected chi connectivity index (χ2v) is 7.89. The summed E-state index contributed by atoms with van der Waals surface area (Å²) in [6.45, 7) is 3.81. The van der Waals surface area contributed by atoms with Crippen molar-refractivity contribution in [3.05, 3.63) is 29.8 Å². The summed E-state index contributed by atoms with van der Waals surface area (Å²) in [5.74, 6) is 0.734. The molecule has 0 amide bonds. The molecule has 1 aliphatic rings. The van der Waals surface area contributed by atoms with Crippen LogP contribution in [0.2, 0.25) is 0 Å². The van der Waals surface area contributed by atoms with E-state index in [1.807, 2.05) is 19.9 Å². The van der Waals surface area contributed by atoms with Crippen LogP contribution in [0, 0.1) is 0 Å². The van der Waals surface area contributed by atoms with E-state index >= 15 is 0 Å². The van der Waals surface area contributed by atoms with Crippen LogP contribution in [0.3, 0.4) is 0 Å². The van der Waals surface area contributed by atoms with E-state index in [2.05, 4.69) is 0 Å². The lowest BCUT2D eigenvalue weighted by atomic mass is 10.0. The number of hydrogen-bond acceptors (Lipinski definition) is 4. The number of benzene rings is 1. The van der Waals surface area contributed by atoms with Crippen molar-refractivity contribution in [3.63, 3.8) is 0 Å². The molecule has 1 fully saturated rings. The number of sulfone groups is 1. The molecule has 2 unspecified atom stereocenters. The normalized spacial score (nSPS) is 23.5. The van der Waals surface area contributed by atoms with Gasteiger partial charge in [0, 0.05) is 5.56 Å². The zero-order valence-electron chi connectivity index (χ0n) is 12.0. The lowest BCUT2D eigenvalue weighted by molar-refractivity contribution is 0.154. The van der Waals surface area contributed by atoms with Gasteiger partial charge in [-0.2, -0.15) is 0 Å². The molecule has 1 heterocycles. The Labute approximate surface area is 120 Å². The van der Waals surface area contributed by atoms with E-state index in [0.717, 1.165) is 6.42 Å².